The fraction of sp³-hybridized carbons (Fsp3) is 0.462. The summed E-state index contributed by atoms with van der Waals surface area (Å²) >= 11 is 0. The molecule has 0 aliphatic carbocycles. The highest BCUT2D eigenvalue weighted by Gasteiger charge is 2.49. The van der Waals surface area contributed by atoms with E-state index in [1.54, 1.807) is 0 Å². The molecular weight excluding hydrogens is 372 g/mol. The molecule has 2 aromatic carbocycles. The van der Waals surface area contributed by atoms with Crippen LogP contribution in [-0.4, -0.2) is 26.1 Å². The lowest BCUT2D eigenvalue weighted by atomic mass is 10.1. The van der Waals surface area contributed by atoms with Crippen LogP contribution in [0.3, 0.4) is 0 Å². The highest BCUT2D eigenvalue weighted by atomic mass is 28.4. The van der Waals surface area contributed by atoms with Gasteiger partial charge < -0.3 is 9.53 Å². The molecule has 1 N–H and O–H groups in total. The van der Waals surface area contributed by atoms with Crippen LogP contribution in [0.25, 0.3) is 0 Å². The number of unbranched alkanes of at least 4 members (excludes halogenated alkanes) is 2. The number of hydrogen-bond donors (Lipinski definition) is 1. The summed E-state index contributed by atoms with van der Waals surface area (Å²) in [5.74, 6) is 0. The van der Waals surface area contributed by atoms with Gasteiger partial charge in [-0.3, -0.25) is 0 Å². The Morgan fingerprint density at radius 1 is 0.931 bits per heavy atom. The number of allylic oxidation sites excluding steroid dienone is 1. The zero-order valence-corrected chi connectivity index (χ0v) is 19.6. The van der Waals surface area contributed by atoms with Crippen LogP contribution >= 0.6 is 0 Å². The first kappa shape index (κ1) is 23.6. The van der Waals surface area contributed by atoms with Gasteiger partial charge >= 0.3 is 0 Å². The summed E-state index contributed by atoms with van der Waals surface area (Å²) in [4.78, 5) is 0. The summed E-state index contributed by atoms with van der Waals surface area (Å²) in [5, 5.41) is 12.8. The predicted molar refractivity (Wildman–Crippen MR) is 127 cm³/mol. The van der Waals surface area contributed by atoms with Crippen molar-refractivity contribution in [3.63, 3.8) is 0 Å². The third kappa shape index (κ3) is 6.40. The summed E-state index contributed by atoms with van der Waals surface area (Å²) in [6.07, 6.45) is 8.67. The Bertz CT molecular complexity index is 680. The molecule has 1 atom stereocenters. The molecule has 1 unspecified atom stereocenters. The maximum Gasteiger partial charge on any atom is 0.261 e. The Morgan fingerprint density at radius 2 is 1.48 bits per heavy atom. The lowest BCUT2D eigenvalue weighted by Crippen LogP contribution is -2.66. The molecule has 2 rings (SSSR count). The number of aliphatic hydroxyl groups excluding tert-OH is 1. The molecule has 0 spiro atoms. The van der Waals surface area contributed by atoms with Gasteiger partial charge in [0.1, 0.15) is 0 Å². The average molecular weight is 411 g/mol. The van der Waals surface area contributed by atoms with Gasteiger partial charge in [0.05, 0.1) is 6.10 Å². The van der Waals surface area contributed by atoms with E-state index < -0.39 is 8.32 Å². The topological polar surface area (TPSA) is 29.5 Å². The fourth-order valence-corrected chi connectivity index (χ4v) is 8.56. The summed E-state index contributed by atoms with van der Waals surface area (Å²) in [7, 11) is -2.46. The highest BCUT2D eigenvalue weighted by Crippen LogP contribution is 2.36. The van der Waals surface area contributed by atoms with Crippen LogP contribution < -0.4 is 10.4 Å². The van der Waals surface area contributed by atoms with Gasteiger partial charge in [0, 0.05) is 6.61 Å². The van der Waals surface area contributed by atoms with Gasteiger partial charge in [0.25, 0.3) is 8.32 Å². The molecule has 0 radical (unpaired) electrons. The van der Waals surface area contributed by atoms with Crippen molar-refractivity contribution in [2.45, 2.75) is 70.9 Å². The van der Waals surface area contributed by atoms with Crippen LogP contribution in [0.5, 0.6) is 0 Å². The molecule has 29 heavy (non-hydrogen) atoms. The second kappa shape index (κ2) is 11.5. The molecule has 2 aromatic rings. The second-order valence-corrected chi connectivity index (χ2v) is 13.1. The first-order valence-corrected chi connectivity index (χ1v) is 12.9. The number of benzene rings is 2. The zero-order valence-electron chi connectivity index (χ0n) is 18.6. The van der Waals surface area contributed by atoms with Crippen LogP contribution in [0, 0.1) is 0 Å². The fourth-order valence-electron chi connectivity index (χ4n) is 3.95. The molecule has 0 saturated carbocycles. The Morgan fingerprint density at radius 3 is 1.97 bits per heavy atom. The number of aliphatic hydroxyl groups is 1. The Labute approximate surface area is 178 Å². The van der Waals surface area contributed by atoms with Crippen LogP contribution in [0.1, 0.15) is 59.8 Å². The quantitative estimate of drug-likeness (QED) is 0.303. The molecule has 0 bridgehead atoms. The summed E-state index contributed by atoms with van der Waals surface area (Å²) in [6, 6.07) is 21.5. The largest absolute Gasteiger partial charge is 0.407 e. The molecule has 0 fully saturated rings. The number of rotatable bonds is 11. The van der Waals surface area contributed by atoms with E-state index >= 15 is 0 Å². The van der Waals surface area contributed by atoms with E-state index in [0.29, 0.717) is 6.61 Å². The van der Waals surface area contributed by atoms with Gasteiger partial charge in [0.2, 0.25) is 0 Å². The third-order valence-electron chi connectivity index (χ3n) is 5.46. The summed E-state index contributed by atoms with van der Waals surface area (Å²) < 4.78 is 6.86. The van der Waals surface area contributed by atoms with Crippen molar-refractivity contribution >= 4 is 18.7 Å². The minimum atomic E-state index is -2.46. The van der Waals surface area contributed by atoms with Crippen LogP contribution in [-0.2, 0) is 4.43 Å². The molecule has 158 valence electrons. The monoisotopic (exact) mass is 410 g/mol. The smallest absolute Gasteiger partial charge is 0.261 e. The maximum atomic E-state index is 10.2. The van der Waals surface area contributed by atoms with Crippen molar-refractivity contribution < 1.29 is 9.53 Å². The molecule has 3 heteroatoms. The average Bonchev–Trinajstić information content (AvgIpc) is 2.72. The molecule has 0 aliphatic rings. The SMILES string of the molecule is CCCC/C=C\C(O)CCCO[Si](c1ccccc1)(c1ccccc1)C(C)(C)C. The van der Waals surface area contributed by atoms with Gasteiger partial charge in [0.15, 0.2) is 0 Å². The molecule has 0 aromatic heterocycles. The zero-order chi connectivity index (χ0) is 21.2. The second-order valence-electron chi connectivity index (χ2n) is 8.79. The first-order valence-electron chi connectivity index (χ1n) is 11.0. The Hall–Kier alpha value is -1.68. The molecule has 2 nitrogen and oxygen atoms in total. The first-order chi connectivity index (χ1) is 13.9. The van der Waals surface area contributed by atoms with E-state index in [1.165, 1.54) is 23.2 Å². The van der Waals surface area contributed by atoms with Crippen LogP contribution in [0.2, 0.25) is 5.04 Å². The van der Waals surface area contributed by atoms with Crippen molar-refractivity contribution in [2.24, 2.45) is 0 Å². The molecular formula is C26H38O2Si. The van der Waals surface area contributed by atoms with E-state index in [-0.39, 0.29) is 11.1 Å². The summed E-state index contributed by atoms with van der Waals surface area (Å²) in [6.45, 7) is 9.74. The van der Waals surface area contributed by atoms with E-state index in [1.807, 2.05) is 6.08 Å². The minimum Gasteiger partial charge on any atom is -0.407 e. The lowest BCUT2D eigenvalue weighted by molar-refractivity contribution is 0.192. The van der Waals surface area contributed by atoms with Crippen molar-refractivity contribution in [1.82, 2.24) is 0 Å². The van der Waals surface area contributed by atoms with Gasteiger partial charge in [-0.25, -0.2) is 0 Å². The Kier molecular flexibility index (Phi) is 9.35. The van der Waals surface area contributed by atoms with Crippen molar-refractivity contribution in [1.29, 1.82) is 0 Å². The Balaban J connectivity index is 2.16. The lowest BCUT2D eigenvalue weighted by Gasteiger charge is -2.43. The van der Waals surface area contributed by atoms with Gasteiger partial charge in [-0.1, -0.05) is 113 Å². The molecule has 0 amide bonds. The van der Waals surface area contributed by atoms with Crippen molar-refractivity contribution in [2.75, 3.05) is 6.61 Å². The van der Waals surface area contributed by atoms with Gasteiger partial charge in [-0.15, -0.1) is 0 Å². The summed E-state index contributed by atoms with van der Waals surface area (Å²) in [5.41, 5.74) is 0. The van der Waals surface area contributed by atoms with Gasteiger partial charge in [-0.05, 0) is 34.7 Å². The van der Waals surface area contributed by atoms with Crippen molar-refractivity contribution in [3.8, 4) is 0 Å². The van der Waals surface area contributed by atoms with Crippen LogP contribution in [0.4, 0.5) is 0 Å². The van der Waals surface area contributed by atoms with Crippen LogP contribution in [0.15, 0.2) is 72.8 Å². The van der Waals surface area contributed by atoms with E-state index in [9.17, 15) is 5.11 Å². The molecule has 0 heterocycles. The maximum absolute atomic E-state index is 10.2. The van der Waals surface area contributed by atoms with Gasteiger partial charge in [-0.2, -0.15) is 0 Å². The third-order valence-corrected chi connectivity index (χ3v) is 10.5. The van der Waals surface area contributed by atoms with E-state index in [0.717, 1.165) is 19.3 Å². The number of hydrogen-bond acceptors (Lipinski definition) is 2. The highest BCUT2D eigenvalue weighted by molar-refractivity contribution is 6.99. The predicted octanol–water partition coefficient (Wildman–Crippen LogP) is 5.45. The van der Waals surface area contributed by atoms with E-state index in [2.05, 4.69) is 94.4 Å². The molecule has 0 aliphatic heterocycles. The van der Waals surface area contributed by atoms with E-state index in [4.69, 9.17) is 4.43 Å². The standard InChI is InChI=1S/C26H38O2Si/c1-5-6-7-10-16-23(27)17-15-22-28-29(26(2,3)4,24-18-11-8-12-19-24)25-20-13-9-14-21-25/h8-14,16,18-21,23,27H,5-7,15,17,22H2,1-4H3/b16-10-. The van der Waals surface area contributed by atoms with Crippen molar-refractivity contribution in [3.05, 3.63) is 72.8 Å². The normalized spacial score (nSPS) is 13.7. The minimum absolute atomic E-state index is 0.00558. The molecule has 0 saturated heterocycles.